The molecule has 0 atom stereocenters. The number of aromatic nitrogens is 1. The summed E-state index contributed by atoms with van der Waals surface area (Å²) in [6.07, 6.45) is 0. The predicted molar refractivity (Wildman–Crippen MR) is 76.1 cm³/mol. The summed E-state index contributed by atoms with van der Waals surface area (Å²) in [4.78, 5) is 15.9. The number of carbonyl (C=O) groups excluding carboxylic acids is 1. The third-order valence-electron chi connectivity index (χ3n) is 2.30. The Kier molecular flexibility index (Phi) is 4.15. The van der Waals surface area contributed by atoms with Crippen molar-refractivity contribution in [3.63, 3.8) is 0 Å². The smallest absolute Gasteiger partial charge is 0.274 e. The zero-order chi connectivity index (χ0) is 13.8. The van der Waals surface area contributed by atoms with Crippen LogP contribution in [0.4, 0.5) is 5.69 Å². The number of carbonyl (C=O) groups is 1. The molecule has 0 saturated heterocycles. The number of nitrogens with zero attached hydrogens (tertiary/aromatic N) is 2. The fourth-order valence-electron chi connectivity index (χ4n) is 1.44. The highest BCUT2D eigenvalue weighted by Gasteiger charge is 2.11. The van der Waals surface area contributed by atoms with Crippen LogP contribution in [0, 0.1) is 11.3 Å². The van der Waals surface area contributed by atoms with E-state index in [0.717, 1.165) is 4.47 Å². The van der Waals surface area contributed by atoms with E-state index < -0.39 is 5.91 Å². The summed E-state index contributed by atoms with van der Waals surface area (Å²) in [6.45, 7) is 0. The van der Waals surface area contributed by atoms with E-state index in [9.17, 15) is 4.79 Å². The van der Waals surface area contributed by atoms with Gasteiger partial charge in [-0.05, 0) is 30.3 Å². The van der Waals surface area contributed by atoms with Gasteiger partial charge in [0.1, 0.15) is 16.9 Å². The summed E-state index contributed by atoms with van der Waals surface area (Å²) in [6, 6.07) is 11.8. The highest BCUT2D eigenvalue weighted by atomic mass is 79.9. The van der Waals surface area contributed by atoms with Crippen molar-refractivity contribution in [1.29, 1.82) is 5.26 Å². The van der Waals surface area contributed by atoms with Crippen molar-refractivity contribution in [2.24, 2.45) is 0 Å². The lowest BCUT2D eigenvalue weighted by molar-refractivity contribution is 0.102. The Morgan fingerprint density at radius 2 is 2.16 bits per heavy atom. The summed E-state index contributed by atoms with van der Waals surface area (Å²) >= 11 is 9.01. The summed E-state index contributed by atoms with van der Waals surface area (Å²) in [5.74, 6) is -0.419. The minimum atomic E-state index is -0.419. The summed E-state index contributed by atoms with van der Waals surface area (Å²) in [7, 11) is 0. The Morgan fingerprint density at radius 3 is 2.84 bits per heavy atom. The van der Waals surface area contributed by atoms with E-state index in [0.29, 0.717) is 11.3 Å². The molecule has 0 aliphatic heterocycles. The van der Waals surface area contributed by atoms with Crippen LogP contribution in [0.5, 0.6) is 0 Å². The topological polar surface area (TPSA) is 65.8 Å². The minimum Gasteiger partial charge on any atom is -0.319 e. The average Bonchev–Trinajstić information content (AvgIpc) is 2.39. The van der Waals surface area contributed by atoms with Gasteiger partial charge in [-0.15, -0.1) is 0 Å². The van der Waals surface area contributed by atoms with E-state index >= 15 is 0 Å². The van der Waals surface area contributed by atoms with Gasteiger partial charge in [0.15, 0.2) is 0 Å². The molecule has 1 aromatic heterocycles. The number of nitriles is 1. The lowest BCUT2D eigenvalue weighted by atomic mass is 10.2. The van der Waals surface area contributed by atoms with E-state index in [1.807, 2.05) is 6.07 Å². The largest absolute Gasteiger partial charge is 0.319 e. The maximum atomic E-state index is 12.0. The van der Waals surface area contributed by atoms with E-state index in [4.69, 9.17) is 16.9 Å². The molecule has 1 amide bonds. The van der Waals surface area contributed by atoms with Crippen molar-refractivity contribution in [2.45, 2.75) is 0 Å². The molecular formula is C13H7BrClN3O. The molecule has 1 heterocycles. The van der Waals surface area contributed by atoms with Crippen molar-refractivity contribution in [2.75, 3.05) is 5.32 Å². The quantitative estimate of drug-likeness (QED) is 0.852. The SMILES string of the molecule is N#Cc1ccc(Br)cc1NC(=O)c1cccc(Cl)n1. The second-order valence-electron chi connectivity index (χ2n) is 3.60. The first-order valence-corrected chi connectivity index (χ1v) is 6.41. The first-order chi connectivity index (χ1) is 9.10. The number of pyridine rings is 1. The second-order valence-corrected chi connectivity index (χ2v) is 4.90. The zero-order valence-corrected chi connectivity index (χ0v) is 11.9. The van der Waals surface area contributed by atoms with Gasteiger partial charge >= 0.3 is 0 Å². The number of benzene rings is 1. The molecule has 2 rings (SSSR count). The fourth-order valence-corrected chi connectivity index (χ4v) is 1.96. The molecule has 0 unspecified atom stereocenters. The van der Waals surface area contributed by atoms with E-state index in [2.05, 4.69) is 26.2 Å². The van der Waals surface area contributed by atoms with Crippen LogP contribution in [0.1, 0.15) is 16.1 Å². The molecule has 0 aliphatic rings. The number of hydrogen-bond donors (Lipinski definition) is 1. The van der Waals surface area contributed by atoms with Crippen LogP contribution in [0.15, 0.2) is 40.9 Å². The van der Waals surface area contributed by atoms with E-state index in [-0.39, 0.29) is 10.8 Å². The monoisotopic (exact) mass is 335 g/mol. The van der Waals surface area contributed by atoms with Crippen molar-refractivity contribution in [3.8, 4) is 6.07 Å². The first-order valence-electron chi connectivity index (χ1n) is 5.23. The van der Waals surface area contributed by atoms with Crippen LogP contribution in [-0.4, -0.2) is 10.9 Å². The van der Waals surface area contributed by atoms with Crippen LogP contribution in [0.3, 0.4) is 0 Å². The molecule has 6 heteroatoms. The van der Waals surface area contributed by atoms with E-state index in [1.165, 1.54) is 0 Å². The molecule has 0 fully saturated rings. The molecular weight excluding hydrogens is 330 g/mol. The van der Waals surface area contributed by atoms with Crippen LogP contribution in [-0.2, 0) is 0 Å². The number of hydrogen-bond acceptors (Lipinski definition) is 3. The number of anilines is 1. The molecule has 0 bridgehead atoms. The molecule has 2 aromatic rings. The zero-order valence-electron chi connectivity index (χ0n) is 9.52. The highest BCUT2D eigenvalue weighted by molar-refractivity contribution is 9.10. The third kappa shape index (κ3) is 3.31. The van der Waals surface area contributed by atoms with Gasteiger partial charge in [0.25, 0.3) is 5.91 Å². The maximum Gasteiger partial charge on any atom is 0.274 e. The van der Waals surface area contributed by atoms with Crippen LogP contribution in [0.2, 0.25) is 5.15 Å². The standard InChI is InChI=1S/C13H7BrClN3O/c14-9-5-4-8(7-16)11(6-9)18-13(19)10-2-1-3-12(15)17-10/h1-6H,(H,18,19). The molecule has 94 valence electrons. The van der Waals surface area contributed by atoms with Crippen LogP contribution < -0.4 is 5.32 Å². The third-order valence-corrected chi connectivity index (χ3v) is 3.00. The molecule has 0 aliphatic carbocycles. The summed E-state index contributed by atoms with van der Waals surface area (Å²) < 4.78 is 0.765. The Labute approximate surface area is 123 Å². The molecule has 19 heavy (non-hydrogen) atoms. The van der Waals surface area contributed by atoms with E-state index in [1.54, 1.807) is 36.4 Å². The van der Waals surface area contributed by atoms with Crippen LogP contribution in [0.25, 0.3) is 0 Å². The Balaban J connectivity index is 2.29. The Hall–Kier alpha value is -1.90. The lowest BCUT2D eigenvalue weighted by Crippen LogP contribution is -2.14. The van der Waals surface area contributed by atoms with Gasteiger partial charge in [-0.2, -0.15) is 5.26 Å². The van der Waals surface area contributed by atoms with Crippen molar-refractivity contribution >= 4 is 39.1 Å². The van der Waals surface area contributed by atoms with Gasteiger partial charge in [-0.3, -0.25) is 4.79 Å². The molecule has 1 N–H and O–H groups in total. The van der Waals surface area contributed by atoms with Gasteiger partial charge < -0.3 is 5.32 Å². The van der Waals surface area contributed by atoms with Gasteiger partial charge in [0.2, 0.25) is 0 Å². The number of amides is 1. The average molecular weight is 337 g/mol. The predicted octanol–water partition coefficient (Wildman–Crippen LogP) is 3.62. The maximum absolute atomic E-state index is 12.0. The van der Waals surface area contributed by atoms with Gasteiger partial charge in [0.05, 0.1) is 11.3 Å². The Bertz CT molecular complexity index is 682. The molecule has 0 saturated carbocycles. The van der Waals surface area contributed by atoms with Gasteiger partial charge in [-0.25, -0.2) is 4.98 Å². The van der Waals surface area contributed by atoms with Gasteiger partial charge in [-0.1, -0.05) is 33.6 Å². The molecule has 0 spiro atoms. The molecule has 4 nitrogen and oxygen atoms in total. The number of rotatable bonds is 2. The first kappa shape index (κ1) is 13.5. The van der Waals surface area contributed by atoms with Crippen LogP contribution >= 0.6 is 27.5 Å². The van der Waals surface area contributed by atoms with Crippen molar-refractivity contribution < 1.29 is 4.79 Å². The number of halogens is 2. The minimum absolute atomic E-state index is 0.191. The van der Waals surface area contributed by atoms with Gasteiger partial charge in [0, 0.05) is 4.47 Å². The molecule has 1 aromatic carbocycles. The highest BCUT2D eigenvalue weighted by Crippen LogP contribution is 2.21. The summed E-state index contributed by atoms with van der Waals surface area (Å²) in [5, 5.41) is 11.9. The lowest BCUT2D eigenvalue weighted by Gasteiger charge is -2.07. The second kappa shape index (κ2) is 5.83. The van der Waals surface area contributed by atoms with Crippen molar-refractivity contribution in [1.82, 2.24) is 4.98 Å². The molecule has 0 radical (unpaired) electrons. The fraction of sp³-hybridized carbons (Fsp3) is 0. The Morgan fingerprint density at radius 1 is 1.37 bits per heavy atom. The normalized spacial score (nSPS) is 9.74. The summed E-state index contributed by atoms with van der Waals surface area (Å²) in [5.41, 5.74) is 0.985. The van der Waals surface area contributed by atoms with Crippen molar-refractivity contribution in [3.05, 3.63) is 57.3 Å². The number of nitrogens with one attached hydrogen (secondary N) is 1.